The van der Waals surface area contributed by atoms with Crippen molar-refractivity contribution < 1.29 is 23.8 Å². The number of nitrogens with one attached hydrogen (secondary N) is 1. The minimum atomic E-state index is -0.911. The third-order valence-electron chi connectivity index (χ3n) is 5.11. The van der Waals surface area contributed by atoms with Crippen LogP contribution in [0.3, 0.4) is 0 Å². The molecule has 9 heteroatoms. The molecular formula is C20H20FN3O5. The average Bonchev–Trinajstić information content (AvgIpc) is 2.70. The number of hydrogen-bond acceptors (Lipinski definition) is 5. The number of ether oxygens (including phenoxy) is 1. The number of nitrogens with zero attached hydrogens (tertiary/aromatic N) is 2. The molecule has 2 aliphatic heterocycles. The van der Waals surface area contributed by atoms with Crippen molar-refractivity contribution in [2.24, 2.45) is 5.92 Å². The highest BCUT2D eigenvalue weighted by Crippen LogP contribution is 2.27. The molecule has 1 aromatic heterocycles. The number of carbonyl (C=O) groups is 2. The maximum atomic E-state index is 13.0. The van der Waals surface area contributed by atoms with Gasteiger partial charge in [-0.1, -0.05) is 19.1 Å². The van der Waals surface area contributed by atoms with Gasteiger partial charge in [0.25, 0.3) is 11.8 Å². The first-order chi connectivity index (χ1) is 13.8. The summed E-state index contributed by atoms with van der Waals surface area (Å²) < 4.78 is 20.1. The number of pyridine rings is 1. The van der Waals surface area contributed by atoms with Crippen molar-refractivity contribution in [1.29, 1.82) is 0 Å². The van der Waals surface area contributed by atoms with Crippen LogP contribution in [0.5, 0.6) is 5.75 Å². The number of fused-ring (bicyclic) bond motifs is 2. The molecule has 4 rings (SSSR count). The Morgan fingerprint density at radius 2 is 2.00 bits per heavy atom. The van der Waals surface area contributed by atoms with E-state index in [2.05, 4.69) is 5.32 Å². The van der Waals surface area contributed by atoms with E-state index < -0.39 is 35.0 Å². The number of hydrogen-bond donors (Lipinski definition) is 2. The van der Waals surface area contributed by atoms with Gasteiger partial charge in [0, 0.05) is 19.3 Å². The van der Waals surface area contributed by atoms with Gasteiger partial charge in [-0.15, -0.1) is 0 Å². The first-order valence-corrected chi connectivity index (χ1v) is 9.26. The van der Waals surface area contributed by atoms with E-state index in [1.807, 2.05) is 6.92 Å². The van der Waals surface area contributed by atoms with Crippen molar-refractivity contribution >= 4 is 11.8 Å². The molecule has 3 heterocycles. The molecule has 1 fully saturated rings. The number of halogens is 1. The monoisotopic (exact) mass is 401 g/mol. The molecule has 0 aliphatic carbocycles. The first kappa shape index (κ1) is 19.1. The molecule has 152 valence electrons. The summed E-state index contributed by atoms with van der Waals surface area (Å²) in [7, 11) is 0. The normalized spacial score (nSPS) is 20.8. The summed E-state index contributed by atoms with van der Waals surface area (Å²) >= 11 is 0. The molecule has 1 unspecified atom stereocenters. The minimum Gasteiger partial charge on any atom is -0.503 e. The fourth-order valence-corrected chi connectivity index (χ4v) is 3.60. The van der Waals surface area contributed by atoms with Crippen molar-refractivity contribution in [2.45, 2.75) is 26.2 Å². The van der Waals surface area contributed by atoms with Crippen LogP contribution < -0.4 is 10.7 Å². The molecule has 2 aromatic rings. The van der Waals surface area contributed by atoms with E-state index >= 15 is 0 Å². The lowest BCUT2D eigenvalue weighted by Gasteiger charge is -2.42. The van der Waals surface area contributed by atoms with Gasteiger partial charge in [-0.05, 0) is 23.6 Å². The Hall–Kier alpha value is -3.20. The zero-order chi connectivity index (χ0) is 20.7. The van der Waals surface area contributed by atoms with Gasteiger partial charge in [-0.2, -0.15) is 0 Å². The summed E-state index contributed by atoms with van der Waals surface area (Å²) in [5, 5.41) is 12.9. The van der Waals surface area contributed by atoms with Crippen LogP contribution >= 0.6 is 0 Å². The van der Waals surface area contributed by atoms with Gasteiger partial charge < -0.3 is 24.6 Å². The number of aromatic nitrogens is 1. The summed E-state index contributed by atoms with van der Waals surface area (Å²) in [5.41, 5.74) is -0.680. The van der Waals surface area contributed by atoms with Crippen LogP contribution in [0.25, 0.3) is 0 Å². The molecule has 0 bridgehead atoms. The summed E-state index contributed by atoms with van der Waals surface area (Å²) in [5.74, 6) is -2.19. The predicted octanol–water partition coefficient (Wildman–Crippen LogP) is 1.07. The molecule has 2 N–H and O–H groups in total. The van der Waals surface area contributed by atoms with Crippen LogP contribution in [-0.4, -0.2) is 45.8 Å². The molecule has 0 spiro atoms. The van der Waals surface area contributed by atoms with Crippen LogP contribution in [0.4, 0.5) is 4.39 Å². The van der Waals surface area contributed by atoms with E-state index in [4.69, 9.17) is 4.74 Å². The highest BCUT2D eigenvalue weighted by Gasteiger charge is 2.39. The molecule has 1 aromatic carbocycles. The van der Waals surface area contributed by atoms with Crippen LogP contribution in [0.15, 0.2) is 35.3 Å². The van der Waals surface area contributed by atoms with Crippen molar-refractivity contribution in [3.8, 4) is 5.75 Å². The highest BCUT2D eigenvalue weighted by atomic mass is 19.1. The fourth-order valence-electron chi connectivity index (χ4n) is 3.60. The third-order valence-corrected chi connectivity index (χ3v) is 5.11. The lowest BCUT2D eigenvalue weighted by molar-refractivity contribution is -0.111. The highest BCUT2D eigenvalue weighted by molar-refractivity contribution is 5.99. The largest absolute Gasteiger partial charge is 0.503 e. The molecule has 29 heavy (non-hydrogen) atoms. The Morgan fingerprint density at radius 3 is 2.72 bits per heavy atom. The average molecular weight is 401 g/mol. The standard InChI is InChI=1S/C20H20FN3O5/c1-11-7-24-15(29-10-11)9-23-8-14(17(25)18(26)16(23)20(24)28)19(27)22-6-12-2-4-13(21)5-3-12/h2-5,8,11,15,26H,6-7,9-10H2,1H3,(H,22,27)/t11?,15-/m1/s1. The number of benzene rings is 1. The number of rotatable bonds is 3. The summed E-state index contributed by atoms with van der Waals surface area (Å²) in [6.45, 7) is 3.20. The quantitative estimate of drug-likeness (QED) is 0.801. The molecule has 2 amide bonds. The van der Waals surface area contributed by atoms with Crippen LogP contribution in [-0.2, 0) is 17.8 Å². The Kier molecular flexibility index (Phi) is 4.83. The molecule has 2 atom stereocenters. The molecule has 2 aliphatic rings. The van der Waals surface area contributed by atoms with Gasteiger partial charge in [-0.3, -0.25) is 14.4 Å². The third kappa shape index (κ3) is 3.49. The SMILES string of the molecule is CC1CO[C@@H]2Cn3cc(C(=O)NCc4ccc(F)cc4)c(=O)c(O)c3C(=O)N2C1. The fraction of sp³-hybridized carbons (Fsp3) is 0.350. The number of aromatic hydroxyl groups is 1. The van der Waals surface area contributed by atoms with Crippen LogP contribution in [0.2, 0.25) is 0 Å². The summed E-state index contributed by atoms with van der Waals surface area (Å²) in [6.07, 6.45) is 0.761. The van der Waals surface area contributed by atoms with Gasteiger partial charge in [-0.25, -0.2) is 4.39 Å². The predicted molar refractivity (Wildman–Crippen MR) is 99.9 cm³/mol. The smallest absolute Gasteiger partial charge is 0.276 e. The van der Waals surface area contributed by atoms with Crippen LogP contribution in [0, 0.1) is 11.7 Å². The van der Waals surface area contributed by atoms with E-state index in [0.29, 0.717) is 18.7 Å². The Balaban J connectivity index is 1.61. The minimum absolute atomic E-state index is 0.0808. The lowest BCUT2D eigenvalue weighted by Crippen LogP contribution is -2.55. The van der Waals surface area contributed by atoms with Crippen molar-refractivity contribution in [3.05, 3.63) is 63.3 Å². The number of carbonyl (C=O) groups excluding carboxylic acids is 2. The van der Waals surface area contributed by atoms with E-state index in [1.54, 1.807) is 0 Å². The Morgan fingerprint density at radius 1 is 1.28 bits per heavy atom. The van der Waals surface area contributed by atoms with Gasteiger partial charge in [0.05, 0.1) is 13.2 Å². The maximum Gasteiger partial charge on any atom is 0.276 e. The van der Waals surface area contributed by atoms with E-state index in [0.717, 1.165) is 0 Å². The second-order valence-electron chi connectivity index (χ2n) is 7.38. The van der Waals surface area contributed by atoms with Gasteiger partial charge in [0.2, 0.25) is 5.43 Å². The van der Waals surface area contributed by atoms with E-state index in [9.17, 15) is 23.9 Å². The molecule has 0 radical (unpaired) electrons. The Bertz CT molecular complexity index is 1030. The number of amides is 2. The Labute approximate surface area is 165 Å². The van der Waals surface area contributed by atoms with Crippen molar-refractivity contribution in [1.82, 2.24) is 14.8 Å². The zero-order valence-corrected chi connectivity index (χ0v) is 15.7. The summed E-state index contributed by atoms with van der Waals surface area (Å²) in [6, 6.07) is 5.57. The lowest BCUT2D eigenvalue weighted by atomic mass is 10.1. The molecule has 1 saturated heterocycles. The van der Waals surface area contributed by atoms with Crippen molar-refractivity contribution in [3.63, 3.8) is 0 Å². The van der Waals surface area contributed by atoms with Gasteiger partial charge in [0.15, 0.2) is 17.7 Å². The van der Waals surface area contributed by atoms with Crippen molar-refractivity contribution in [2.75, 3.05) is 13.2 Å². The van der Waals surface area contributed by atoms with Crippen LogP contribution in [0.1, 0.15) is 33.3 Å². The second-order valence-corrected chi connectivity index (χ2v) is 7.38. The summed E-state index contributed by atoms with van der Waals surface area (Å²) in [4.78, 5) is 39.3. The molecular weight excluding hydrogens is 381 g/mol. The maximum absolute atomic E-state index is 13.0. The molecule has 8 nitrogen and oxygen atoms in total. The van der Waals surface area contributed by atoms with Gasteiger partial charge in [0.1, 0.15) is 11.4 Å². The second kappa shape index (κ2) is 7.32. The van der Waals surface area contributed by atoms with E-state index in [1.165, 1.54) is 39.9 Å². The first-order valence-electron chi connectivity index (χ1n) is 9.26. The zero-order valence-electron chi connectivity index (χ0n) is 15.7. The topological polar surface area (TPSA) is 101 Å². The molecule has 0 saturated carbocycles. The van der Waals surface area contributed by atoms with Gasteiger partial charge >= 0.3 is 0 Å². The van der Waals surface area contributed by atoms with E-state index in [-0.39, 0.29) is 30.3 Å².